The summed E-state index contributed by atoms with van der Waals surface area (Å²) in [5.41, 5.74) is 2.37. The van der Waals surface area contributed by atoms with E-state index >= 15 is 0 Å². The van der Waals surface area contributed by atoms with E-state index in [1.807, 2.05) is 0 Å². The minimum atomic E-state index is -0.386. The summed E-state index contributed by atoms with van der Waals surface area (Å²) in [6.45, 7) is 5.83. The van der Waals surface area contributed by atoms with E-state index in [0.29, 0.717) is 6.54 Å². The monoisotopic (exact) mass is 629 g/mol. The van der Waals surface area contributed by atoms with E-state index in [1.165, 1.54) is 79.6 Å². The van der Waals surface area contributed by atoms with Crippen molar-refractivity contribution < 1.29 is 5.11 Å². The van der Waals surface area contributed by atoms with Crippen molar-refractivity contribution in [2.45, 2.75) is 76.5 Å². The van der Waals surface area contributed by atoms with Gasteiger partial charge in [-0.1, -0.05) is 64.0 Å². The number of aliphatic hydroxyl groups is 1. The fourth-order valence-electron chi connectivity index (χ4n) is 7.67. The molecule has 6 rings (SSSR count). The lowest BCUT2D eigenvalue weighted by molar-refractivity contribution is 0.0346. The van der Waals surface area contributed by atoms with Gasteiger partial charge in [0.25, 0.3) is 0 Å². The van der Waals surface area contributed by atoms with Gasteiger partial charge in [0.2, 0.25) is 0 Å². The van der Waals surface area contributed by atoms with Crippen LogP contribution in [-0.4, -0.2) is 64.3 Å². The van der Waals surface area contributed by atoms with Crippen molar-refractivity contribution in [2.24, 2.45) is 11.8 Å². The Morgan fingerprint density at radius 2 is 1.27 bits per heavy atom. The van der Waals surface area contributed by atoms with E-state index < -0.39 is 0 Å². The quantitative estimate of drug-likeness (QED) is 0.307. The average molecular weight is 631 g/mol. The van der Waals surface area contributed by atoms with Gasteiger partial charge in [-0.15, -0.1) is 0 Å². The highest BCUT2D eigenvalue weighted by Gasteiger charge is 2.32. The van der Waals surface area contributed by atoms with Crippen molar-refractivity contribution in [3.8, 4) is 0 Å². The fraction of sp³-hybridized carbons (Fsp3) is 0.613. The summed E-state index contributed by atoms with van der Waals surface area (Å²) >= 11 is 7.27. The van der Waals surface area contributed by atoms with E-state index in [4.69, 9.17) is 0 Å². The van der Waals surface area contributed by atoms with Crippen molar-refractivity contribution in [2.75, 3.05) is 32.7 Å². The second-order valence-corrected chi connectivity index (χ2v) is 13.7. The molecular weight excluding hydrogens is 590 g/mol. The topological polar surface area (TPSA) is 31.6 Å². The van der Waals surface area contributed by atoms with Gasteiger partial charge >= 0.3 is 0 Å². The van der Waals surface area contributed by atoms with Crippen molar-refractivity contribution >= 4 is 53.7 Å². The highest BCUT2D eigenvalue weighted by Crippen LogP contribution is 2.39. The largest absolute Gasteiger partial charge is 0.390 e. The van der Waals surface area contributed by atoms with Crippen molar-refractivity contribution in [1.82, 2.24) is 14.4 Å². The summed E-state index contributed by atoms with van der Waals surface area (Å²) < 4.78 is 4.47. The Labute approximate surface area is 238 Å². The number of benzene rings is 2. The molecule has 200 valence electrons. The number of piperazine rings is 1. The van der Waals surface area contributed by atoms with Crippen LogP contribution in [0.15, 0.2) is 45.3 Å². The summed E-state index contributed by atoms with van der Waals surface area (Å²) in [4.78, 5) is 5.25. The minimum absolute atomic E-state index is 0.386. The first-order valence-corrected chi connectivity index (χ1v) is 16.2. The molecule has 4 nitrogen and oxygen atoms in total. The third-order valence-electron chi connectivity index (χ3n) is 9.63. The van der Waals surface area contributed by atoms with Gasteiger partial charge in [-0.05, 0) is 73.9 Å². The minimum Gasteiger partial charge on any atom is -0.390 e. The normalized spacial score (nSPS) is 25.7. The molecule has 0 bridgehead atoms. The summed E-state index contributed by atoms with van der Waals surface area (Å²) in [7, 11) is 0. The van der Waals surface area contributed by atoms with Gasteiger partial charge in [0.05, 0.1) is 12.6 Å². The summed E-state index contributed by atoms with van der Waals surface area (Å²) in [6.07, 6.45) is 12.8. The highest BCUT2D eigenvalue weighted by atomic mass is 79.9. The molecule has 37 heavy (non-hydrogen) atoms. The summed E-state index contributed by atoms with van der Waals surface area (Å²) in [5.74, 6) is 2.04. The van der Waals surface area contributed by atoms with Crippen LogP contribution in [0, 0.1) is 11.8 Å². The van der Waals surface area contributed by atoms with Gasteiger partial charge in [0.1, 0.15) is 0 Å². The van der Waals surface area contributed by atoms with Crippen LogP contribution in [0.2, 0.25) is 0 Å². The molecular formula is C31H41Br2N3O. The van der Waals surface area contributed by atoms with Crippen LogP contribution in [0.4, 0.5) is 0 Å². The number of fused-ring (bicyclic) bond motifs is 3. The van der Waals surface area contributed by atoms with E-state index in [9.17, 15) is 5.11 Å². The van der Waals surface area contributed by atoms with Crippen LogP contribution in [0.1, 0.15) is 57.8 Å². The highest BCUT2D eigenvalue weighted by molar-refractivity contribution is 9.10. The zero-order chi connectivity index (χ0) is 25.4. The molecule has 3 aliphatic rings. The van der Waals surface area contributed by atoms with Crippen molar-refractivity contribution in [3.05, 3.63) is 45.3 Å². The Hall–Kier alpha value is -0.920. The van der Waals surface area contributed by atoms with Gasteiger partial charge in [-0.2, -0.15) is 0 Å². The zero-order valence-corrected chi connectivity index (χ0v) is 25.1. The Kier molecular flexibility index (Phi) is 8.30. The van der Waals surface area contributed by atoms with Crippen LogP contribution in [0.5, 0.6) is 0 Å². The van der Waals surface area contributed by atoms with E-state index in [-0.39, 0.29) is 6.10 Å². The molecule has 0 spiro atoms. The van der Waals surface area contributed by atoms with Crippen molar-refractivity contribution in [3.63, 3.8) is 0 Å². The second-order valence-electron chi connectivity index (χ2n) is 11.9. The molecule has 0 radical (unpaired) electrons. The number of nitrogens with zero attached hydrogens (tertiary/aromatic N) is 3. The van der Waals surface area contributed by atoms with Crippen LogP contribution < -0.4 is 0 Å². The average Bonchev–Trinajstić information content (AvgIpc) is 3.21. The molecule has 3 aromatic rings. The smallest absolute Gasteiger partial charge is 0.0845 e. The standard InChI is InChI=1S/C31H41Br2N3O/c32-24-8-12-30-28(18-24)29-19-25(33)9-13-31(29)36(30)21-27(37)20-34-14-16-35(17-15-34)26-10-6-23(7-11-26)22-4-2-1-3-5-22/h8-9,12-13,18-19,22-23,26-27,37H,1-7,10-11,14-17,20-21H2. The predicted molar refractivity (Wildman–Crippen MR) is 161 cm³/mol. The van der Waals surface area contributed by atoms with Crippen LogP contribution >= 0.6 is 31.9 Å². The van der Waals surface area contributed by atoms with E-state index in [1.54, 1.807) is 0 Å². The maximum Gasteiger partial charge on any atom is 0.0845 e. The number of β-amino-alcohol motifs (C(OH)–C–C–N with tert-alkyl or cyclic N) is 1. The molecule has 1 aromatic heterocycles. The van der Waals surface area contributed by atoms with Gasteiger partial charge in [0.15, 0.2) is 0 Å². The van der Waals surface area contributed by atoms with E-state index in [0.717, 1.165) is 59.5 Å². The molecule has 3 fully saturated rings. The molecule has 2 aromatic carbocycles. The second kappa shape index (κ2) is 11.7. The first kappa shape index (κ1) is 26.3. The van der Waals surface area contributed by atoms with Gasteiger partial charge in [0, 0.05) is 69.5 Å². The Morgan fingerprint density at radius 3 is 1.86 bits per heavy atom. The van der Waals surface area contributed by atoms with Crippen LogP contribution in [0.3, 0.4) is 0 Å². The molecule has 2 heterocycles. The molecule has 1 atom stereocenters. The maximum atomic E-state index is 11.2. The molecule has 1 N–H and O–H groups in total. The lowest BCUT2D eigenvalue weighted by atomic mass is 9.72. The summed E-state index contributed by atoms with van der Waals surface area (Å²) in [6, 6.07) is 13.7. The maximum absolute atomic E-state index is 11.2. The van der Waals surface area contributed by atoms with Crippen LogP contribution in [-0.2, 0) is 6.54 Å². The molecule has 1 aliphatic heterocycles. The molecule has 2 aliphatic carbocycles. The Balaban J connectivity index is 1.03. The number of halogens is 2. The number of aromatic nitrogens is 1. The number of hydrogen-bond acceptors (Lipinski definition) is 3. The van der Waals surface area contributed by atoms with Gasteiger partial charge < -0.3 is 9.67 Å². The van der Waals surface area contributed by atoms with Gasteiger partial charge in [-0.3, -0.25) is 9.80 Å². The zero-order valence-electron chi connectivity index (χ0n) is 21.9. The lowest BCUT2D eigenvalue weighted by Gasteiger charge is -2.43. The molecule has 2 saturated carbocycles. The fourth-order valence-corrected chi connectivity index (χ4v) is 8.39. The molecule has 1 unspecified atom stereocenters. The summed E-state index contributed by atoms with van der Waals surface area (Å²) in [5, 5.41) is 13.6. The van der Waals surface area contributed by atoms with Crippen molar-refractivity contribution in [1.29, 1.82) is 0 Å². The predicted octanol–water partition coefficient (Wildman–Crippen LogP) is 7.44. The third kappa shape index (κ3) is 5.84. The van der Waals surface area contributed by atoms with E-state index in [2.05, 4.69) is 82.6 Å². The number of rotatable bonds is 6. The lowest BCUT2D eigenvalue weighted by Crippen LogP contribution is -2.52. The van der Waals surface area contributed by atoms with Gasteiger partial charge in [-0.25, -0.2) is 0 Å². The van der Waals surface area contributed by atoms with Crippen LogP contribution in [0.25, 0.3) is 21.8 Å². The number of aliphatic hydroxyl groups excluding tert-OH is 1. The molecule has 6 heteroatoms. The third-order valence-corrected chi connectivity index (χ3v) is 10.6. The SMILES string of the molecule is OC(CN1CCN(C2CCC(C3CCCCC3)CC2)CC1)Cn1c2ccc(Br)cc2c2cc(Br)ccc21. The molecule has 1 saturated heterocycles. The Bertz CT molecular complexity index is 1140. The number of hydrogen-bond donors (Lipinski definition) is 1. The first-order valence-electron chi connectivity index (χ1n) is 14.6. The molecule has 0 amide bonds. The first-order chi connectivity index (χ1) is 18.0. The Morgan fingerprint density at radius 1 is 0.703 bits per heavy atom.